The van der Waals surface area contributed by atoms with Crippen LogP contribution in [0.3, 0.4) is 0 Å². The summed E-state index contributed by atoms with van der Waals surface area (Å²) in [7, 11) is 3.58. The Morgan fingerprint density at radius 3 is 2.89 bits per heavy atom. The van der Waals surface area contributed by atoms with Gasteiger partial charge in [-0.15, -0.1) is 5.10 Å². The van der Waals surface area contributed by atoms with Gasteiger partial charge in [-0.25, -0.2) is 4.39 Å². The zero-order chi connectivity index (χ0) is 13.0. The van der Waals surface area contributed by atoms with Crippen molar-refractivity contribution >= 4 is 0 Å². The van der Waals surface area contributed by atoms with Gasteiger partial charge in [0.15, 0.2) is 11.6 Å². The van der Waals surface area contributed by atoms with Crippen LogP contribution in [-0.2, 0) is 20.2 Å². The average Bonchev–Trinajstić information content (AvgIpc) is 2.74. The Morgan fingerprint density at radius 2 is 2.28 bits per heavy atom. The summed E-state index contributed by atoms with van der Waals surface area (Å²) in [5.41, 5.74) is 1.54. The first-order chi connectivity index (χ1) is 8.69. The van der Waals surface area contributed by atoms with Gasteiger partial charge in [0, 0.05) is 13.6 Å². The molecule has 1 heterocycles. The molecule has 0 aliphatic heterocycles. The molecule has 1 aromatic heterocycles. The summed E-state index contributed by atoms with van der Waals surface area (Å²) in [6, 6.07) is 4.91. The van der Waals surface area contributed by atoms with Gasteiger partial charge >= 0.3 is 0 Å². The highest BCUT2D eigenvalue weighted by atomic mass is 19.1. The first-order valence-corrected chi connectivity index (χ1v) is 5.60. The molecule has 0 aliphatic rings. The third kappa shape index (κ3) is 3.04. The van der Waals surface area contributed by atoms with E-state index in [9.17, 15) is 4.39 Å². The Morgan fingerprint density at radius 1 is 1.44 bits per heavy atom. The van der Waals surface area contributed by atoms with Crippen molar-refractivity contribution in [2.75, 3.05) is 7.05 Å². The highest BCUT2D eigenvalue weighted by Crippen LogP contribution is 2.19. The van der Waals surface area contributed by atoms with Gasteiger partial charge < -0.3 is 10.1 Å². The number of aryl methyl sites for hydroxylation is 1. The van der Waals surface area contributed by atoms with Crippen LogP contribution >= 0.6 is 0 Å². The molecule has 0 saturated heterocycles. The second-order valence-electron chi connectivity index (χ2n) is 3.97. The largest absolute Gasteiger partial charge is 0.484 e. The van der Waals surface area contributed by atoms with E-state index in [1.54, 1.807) is 24.0 Å². The van der Waals surface area contributed by atoms with Gasteiger partial charge in [-0.3, -0.25) is 4.68 Å². The number of hydrogen-bond donors (Lipinski definition) is 1. The molecule has 0 unspecified atom stereocenters. The molecule has 0 spiro atoms. The van der Waals surface area contributed by atoms with Crippen molar-refractivity contribution in [1.29, 1.82) is 0 Å². The fraction of sp³-hybridized carbons (Fsp3) is 0.333. The molecule has 0 saturated carbocycles. The molecule has 0 radical (unpaired) electrons. The first-order valence-electron chi connectivity index (χ1n) is 5.60. The molecule has 0 amide bonds. The third-order valence-electron chi connectivity index (χ3n) is 2.40. The van der Waals surface area contributed by atoms with E-state index in [0.29, 0.717) is 12.2 Å². The second-order valence-corrected chi connectivity index (χ2v) is 3.97. The molecule has 1 aromatic carbocycles. The zero-order valence-electron chi connectivity index (χ0n) is 10.4. The maximum atomic E-state index is 13.7. The topological polar surface area (TPSA) is 52.0 Å². The highest BCUT2D eigenvalue weighted by molar-refractivity contribution is 5.29. The van der Waals surface area contributed by atoms with Crippen LogP contribution < -0.4 is 10.1 Å². The van der Waals surface area contributed by atoms with Crippen LogP contribution in [0.4, 0.5) is 4.39 Å². The van der Waals surface area contributed by atoms with Crippen molar-refractivity contribution in [2.45, 2.75) is 13.2 Å². The van der Waals surface area contributed by atoms with Crippen molar-refractivity contribution in [3.63, 3.8) is 0 Å². The molecule has 2 rings (SSSR count). The van der Waals surface area contributed by atoms with Crippen LogP contribution in [0.1, 0.15) is 11.3 Å². The van der Waals surface area contributed by atoms with E-state index < -0.39 is 0 Å². The maximum absolute atomic E-state index is 13.7. The minimum Gasteiger partial charge on any atom is -0.484 e. The minimum atomic E-state index is -0.369. The quantitative estimate of drug-likeness (QED) is 0.867. The summed E-state index contributed by atoms with van der Waals surface area (Å²) >= 11 is 0. The summed E-state index contributed by atoms with van der Waals surface area (Å²) in [5, 5.41) is 10.6. The number of nitrogens with zero attached hydrogens (tertiary/aromatic N) is 3. The number of halogens is 1. The summed E-state index contributed by atoms with van der Waals surface area (Å²) in [4.78, 5) is 0. The maximum Gasteiger partial charge on any atom is 0.165 e. The SMILES string of the molecule is CNCc1ccc(OCc2cn(C)nn2)c(F)c1. The van der Waals surface area contributed by atoms with E-state index in [4.69, 9.17) is 4.74 Å². The fourth-order valence-corrected chi connectivity index (χ4v) is 1.59. The number of aromatic nitrogens is 3. The Kier molecular flexibility index (Phi) is 3.88. The van der Waals surface area contributed by atoms with Crippen LogP contribution in [0.25, 0.3) is 0 Å². The fourth-order valence-electron chi connectivity index (χ4n) is 1.59. The molecular formula is C12H15FN4O. The van der Waals surface area contributed by atoms with Gasteiger partial charge in [0.2, 0.25) is 0 Å². The van der Waals surface area contributed by atoms with Gasteiger partial charge in [-0.1, -0.05) is 11.3 Å². The minimum absolute atomic E-state index is 0.204. The Balaban J connectivity index is 2.01. The van der Waals surface area contributed by atoms with E-state index in [0.717, 1.165) is 5.56 Å². The van der Waals surface area contributed by atoms with E-state index in [1.165, 1.54) is 6.07 Å². The summed E-state index contributed by atoms with van der Waals surface area (Å²) < 4.78 is 20.6. The van der Waals surface area contributed by atoms with Crippen molar-refractivity contribution in [3.05, 3.63) is 41.5 Å². The predicted octanol–water partition coefficient (Wildman–Crippen LogP) is 1.25. The summed E-state index contributed by atoms with van der Waals surface area (Å²) in [6.07, 6.45) is 1.73. The van der Waals surface area contributed by atoms with E-state index in [2.05, 4.69) is 15.6 Å². The molecule has 18 heavy (non-hydrogen) atoms. The van der Waals surface area contributed by atoms with Gasteiger partial charge in [0.1, 0.15) is 12.3 Å². The first kappa shape index (κ1) is 12.5. The second kappa shape index (κ2) is 5.59. The Labute approximate surface area is 105 Å². The standard InChI is InChI=1S/C12H15FN4O/c1-14-6-9-3-4-12(11(13)5-9)18-8-10-7-17(2)16-15-10/h3-5,7,14H,6,8H2,1-2H3. The molecular weight excluding hydrogens is 235 g/mol. The molecule has 0 bridgehead atoms. The molecule has 0 fully saturated rings. The number of nitrogens with one attached hydrogen (secondary N) is 1. The van der Waals surface area contributed by atoms with E-state index >= 15 is 0 Å². The molecule has 96 valence electrons. The lowest BCUT2D eigenvalue weighted by Crippen LogP contribution is -2.05. The smallest absolute Gasteiger partial charge is 0.165 e. The average molecular weight is 250 g/mol. The van der Waals surface area contributed by atoms with Crippen molar-refractivity contribution < 1.29 is 9.13 Å². The monoisotopic (exact) mass is 250 g/mol. The number of ether oxygens (including phenoxy) is 1. The van der Waals surface area contributed by atoms with Crippen LogP contribution in [0, 0.1) is 5.82 Å². The van der Waals surface area contributed by atoms with Gasteiger partial charge in [-0.05, 0) is 24.7 Å². The van der Waals surface area contributed by atoms with Crippen LogP contribution in [0.2, 0.25) is 0 Å². The Bertz CT molecular complexity index is 527. The summed E-state index contributed by atoms with van der Waals surface area (Å²) in [5.74, 6) is -0.146. The van der Waals surface area contributed by atoms with Crippen molar-refractivity contribution in [2.24, 2.45) is 7.05 Å². The van der Waals surface area contributed by atoms with Gasteiger partial charge in [0.05, 0.1) is 6.20 Å². The number of hydrogen-bond acceptors (Lipinski definition) is 4. The van der Waals surface area contributed by atoms with Crippen LogP contribution in [0.5, 0.6) is 5.75 Å². The zero-order valence-corrected chi connectivity index (χ0v) is 10.4. The molecule has 1 N–H and O–H groups in total. The predicted molar refractivity (Wildman–Crippen MR) is 64.5 cm³/mol. The van der Waals surface area contributed by atoms with Gasteiger partial charge in [-0.2, -0.15) is 0 Å². The third-order valence-corrected chi connectivity index (χ3v) is 2.40. The number of rotatable bonds is 5. The Hall–Kier alpha value is -1.95. The van der Waals surface area contributed by atoms with E-state index in [1.807, 2.05) is 13.1 Å². The molecule has 6 heteroatoms. The molecule has 2 aromatic rings. The highest BCUT2D eigenvalue weighted by Gasteiger charge is 2.06. The summed E-state index contributed by atoms with van der Waals surface area (Å²) in [6.45, 7) is 0.831. The molecule has 0 atom stereocenters. The van der Waals surface area contributed by atoms with Crippen LogP contribution in [-0.4, -0.2) is 22.0 Å². The molecule has 0 aliphatic carbocycles. The van der Waals surface area contributed by atoms with Crippen LogP contribution in [0.15, 0.2) is 24.4 Å². The lowest BCUT2D eigenvalue weighted by atomic mass is 10.2. The van der Waals surface area contributed by atoms with Gasteiger partial charge in [0.25, 0.3) is 0 Å². The van der Waals surface area contributed by atoms with Crippen molar-refractivity contribution in [3.8, 4) is 5.75 Å². The van der Waals surface area contributed by atoms with Crippen molar-refractivity contribution in [1.82, 2.24) is 20.3 Å². The van der Waals surface area contributed by atoms with E-state index in [-0.39, 0.29) is 18.2 Å². The normalized spacial score (nSPS) is 10.6. The lowest BCUT2D eigenvalue weighted by molar-refractivity contribution is 0.285. The molecule has 5 nitrogen and oxygen atoms in total. The lowest BCUT2D eigenvalue weighted by Gasteiger charge is -2.07. The number of benzene rings is 1.